The van der Waals surface area contributed by atoms with E-state index in [1.165, 1.54) is 215 Å². The molecule has 0 saturated carbocycles. The Hall–Kier alpha value is -5.03. The largest absolute Gasteiger partial charge is 0.494 e. The van der Waals surface area contributed by atoms with Crippen LogP contribution in [0.15, 0.2) is 187 Å². The first-order valence-corrected chi connectivity index (χ1v) is 49.5. The third-order valence-corrected chi connectivity index (χ3v) is 30.9. The van der Waals surface area contributed by atoms with Gasteiger partial charge in [0.2, 0.25) is 0 Å². The monoisotopic (exact) mass is 1860 g/mol. The molecule has 2 aliphatic heterocycles. The maximum absolute atomic E-state index is 6.30. The van der Waals surface area contributed by atoms with Gasteiger partial charge in [-0.1, -0.05) is 288 Å². The van der Waals surface area contributed by atoms with E-state index in [1.807, 2.05) is 0 Å². The van der Waals surface area contributed by atoms with Crippen molar-refractivity contribution in [3.63, 3.8) is 0 Å². The van der Waals surface area contributed by atoms with Crippen molar-refractivity contribution in [1.82, 2.24) is 9.97 Å². The zero-order valence-corrected chi connectivity index (χ0v) is 80.7. The molecular formula is C102H129B2Br4N3O4S2. The third-order valence-electron chi connectivity index (χ3n) is 26.6. The molecule has 7 nitrogen and oxygen atoms in total. The van der Waals surface area contributed by atoms with Crippen LogP contribution in [0, 0.1) is 0 Å². The molecule has 0 radical (unpaired) electrons. The number of rotatable bonds is 37. The van der Waals surface area contributed by atoms with Gasteiger partial charge in [-0.15, -0.1) is 22.7 Å². The highest BCUT2D eigenvalue weighted by atomic mass is 79.9. The van der Waals surface area contributed by atoms with Crippen molar-refractivity contribution in [3.8, 4) is 43.1 Å². The molecular weight excluding hydrogens is 1740 g/mol. The van der Waals surface area contributed by atoms with Crippen LogP contribution < -0.4 is 15.8 Å². The fourth-order valence-electron chi connectivity index (χ4n) is 18.1. The van der Waals surface area contributed by atoms with Crippen molar-refractivity contribution in [2.45, 2.75) is 322 Å². The van der Waals surface area contributed by atoms with Gasteiger partial charge in [0.25, 0.3) is 0 Å². The second-order valence-electron chi connectivity index (χ2n) is 35.8. The minimum atomic E-state index is -0.392. The molecule has 2 saturated heterocycles. The summed E-state index contributed by atoms with van der Waals surface area (Å²) in [6.45, 7) is 30.5. The standard InChI is InChI=1S/C52H76Br2.C34H45B2NO4.C16H8Br2N2S2/c1-5-9-13-17-21-25-33-51(34-26-22-18-14-10-6-2)47-37-41(53)29-31-43(47)45-40-50-46(39-49(45)51)44-32-30-42(54)38-48(44)52(50,35-27-23-19-15-11-7-3)36-28-24-20-16-12-8-4;1-11-24(2)25-12-18-28(19-13-25)37(29-20-14-26(15-21-29)35-38-31(3,4)32(5,6)39-35)30-22-16-27(17-23-30)36-40-33(7,8)34(9,10)41-36;17-13-5-3-11(21-13)9-1-2-10(12-4-6-14(18)22-12)16-15(9)19-7-8-20-16/h29-32,37-40H,5-28,33-36H2,1-4H3;12-24H,11H2,1-10H3;1-8H. The fraction of sp³-hybridized carbons (Fsp3) is 0.490. The minimum Gasteiger partial charge on any atom is -0.399 e. The molecule has 0 spiro atoms. The average Bonchev–Trinajstić information content (AvgIpc) is 1.53. The Labute approximate surface area is 746 Å². The molecule has 1 atom stereocenters. The molecule has 7 aromatic carbocycles. The van der Waals surface area contributed by atoms with E-state index in [1.54, 1.807) is 68.4 Å². The SMILES string of the molecule is Brc1ccc(-c2ccc(-c3ccc(Br)s3)c3nccnc23)s1.CCC(C)c1ccc(N(c2ccc(B3OC(C)(C)C(C)(C)O3)cc2)c2ccc(B3OC(C)(C)C(C)(C)O3)cc2)cc1.CCCCCCCCC1(CCCCCCCC)c2cc(Br)ccc2-c2cc3c(cc21)-c1ccc(Br)cc1C3(CCCCCCCC)CCCCCCCC. The summed E-state index contributed by atoms with van der Waals surface area (Å²) in [7, 11) is -0.784. The second-order valence-corrected chi connectivity index (χ2v) is 42.5. The molecule has 2 aliphatic carbocycles. The molecule has 5 heterocycles. The van der Waals surface area contributed by atoms with E-state index in [0.29, 0.717) is 5.92 Å². The average molecular weight is 1870 g/mol. The lowest BCUT2D eigenvalue weighted by atomic mass is 9.68. The van der Waals surface area contributed by atoms with E-state index in [-0.39, 0.29) is 33.2 Å². The fourth-order valence-corrected chi connectivity index (χ4v) is 21.7. The molecule has 4 aliphatic rings. The van der Waals surface area contributed by atoms with Gasteiger partial charge in [0.1, 0.15) is 0 Å². The van der Waals surface area contributed by atoms with Crippen molar-refractivity contribution < 1.29 is 18.6 Å². The van der Waals surface area contributed by atoms with Crippen LogP contribution in [-0.2, 0) is 29.4 Å². The van der Waals surface area contributed by atoms with Crippen molar-refractivity contribution >= 4 is 140 Å². The van der Waals surface area contributed by atoms with Gasteiger partial charge in [0.05, 0.1) is 41.0 Å². The molecule has 622 valence electrons. The molecule has 14 rings (SSSR count). The Morgan fingerprint density at radius 1 is 0.342 bits per heavy atom. The molecule has 0 amide bonds. The molecule has 0 N–H and O–H groups in total. The first-order chi connectivity index (χ1) is 56.3. The number of aromatic nitrogens is 2. The van der Waals surface area contributed by atoms with Gasteiger partial charge in [-0.05, 0) is 283 Å². The topological polar surface area (TPSA) is 65.9 Å². The van der Waals surface area contributed by atoms with Crippen molar-refractivity contribution in [1.29, 1.82) is 0 Å². The summed E-state index contributed by atoms with van der Waals surface area (Å²) >= 11 is 18.4. The van der Waals surface area contributed by atoms with E-state index in [4.69, 9.17) is 18.6 Å². The summed E-state index contributed by atoms with van der Waals surface area (Å²) in [6.07, 6.45) is 42.3. The van der Waals surface area contributed by atoms with Gasteiger partial charge in [-0.25, -0.2) is 0 Å². The third kappa shape index (κ3) is 21.3. The summed E-state index contributed by atoms with van der Waals surface area (Å²) in [5.41, 5.74) is 22.1. The number of halogens is 4. The maximum Gasteiger partial charge on any atom is 0.494 e. The maximum atomic E-state index is 6.30. The Kier molecular flexibility index (Phi) is 32.3. The van der Waals surface area contributed by atoms with Crippen molar-refractivity contribution in [2.24, 2.45) is 0 Å². The van der Waals surface area contributed by atoms with Gasteiger partial charge < -0.3 is 23.5 Å². The molecule has 2 fully saturated rings. The molecule has 10 aromatic rings. The van der Waals surface area contributed by atoms with Crippen LogP contribution in [0.2, 0.25) is 0 Å². The van der Waals surface area contributed by atoms with Crippen molar-refractivity contribution in [3.05, 3.63) is 214 Å². The lowest BCUT2D eigenvalue weighted by molar-refractivity contribution is 0.00578. The summed E-state index contributed by atoms with van der Waals surface area (Å²) in [6, 6.07) is 58.8. The number of fused-ring (bicyclic) bond motifs is 7. The lowest BCUT2D eigenvalue weighted by Crippen LogP contribution is -2.41. The smallest absolute Gasteiger partial charge is 0.399 e. The summed E-state index contributed by atoms with van der Waals surface area (Å²) in [5.74, 6) is 0.524. The predicted octanol–water partition coefficient (Wildman–Crippen LogP) is 32.6. The Morgan fingerprint density at radius 3 is 0.949 bits per heavy atom. The molecule has 15 heteroatoms. The molecule has 0 bridgehead atoms. The van der Waals surface area contributed by atoms with Crippen LogP contribution in [0.4, 0.5) is 17.1 Å². The van der Waals surface area contributed by atoms with Crippen molar-refractivity contribution in [2.75, 3.05) is 4.90 Å². The highest BCUT2D eigenvalue weighted by Crippen LogP contribution is 2.62. The summed E-state index contributed by atoms with van der Waals surface area (Å²) < 4.78 is 29.9. The first kappa shape index (κ1) is 91.2. The summed E-state index contributed by atoms with van der Waals surface area (Å²) in [4.78, 5) is 13.8. The van der Waals surface area contributed by atoms with Crippen LogP contribution in [0.25, 0.3) is 54.2 Å². The lowest BCUT2D eigenvalue weighted by Gasteiger charge is -2.35. The number of hydrogen-bond donors (Lipinski definition) is 0. The highest BCUT2D eigenvalue weighted by molar-refractivity contribution is 9.11. The number of benzene rings is 7. The number of thiophene rings is 2. The second kappa shape index (κ2) is 41.4. The van der Waals surface area contributed by atoms with Gasteiger partial charge in [0.15, 0.2) is 0 Å². The van der Waals surface area contributed by atoms with E-state index in [2.05, 4.69) is 333 Å². The van der Waals surface area contributed by atoms with Gasteiger partial charge in [-0.3, -0.25) is 9.97 Å². The van der Waals surface area contributed by atoms with Crippen LogP contribution in [-0.4, -0.2) is 46.6 Å². The first-order valence-electron chi connectivity index (χ1n) is 44.7. The summed E-state index contributed by atoms with van der Waals surface area (Å²) in [5, 5.41) is 0. The van der Waals surface area contributed by atoms with E-state index in [0.717, 1.165) is 64.1 Å². The van der Waals surface area contributed by atoms with E-state index >= 15 is 0 Å². The van der Waals surface area contributed by atoms with Crippen LogP contribution in [0.1, 0.15) is 317 Å². The normalized spacial score (nSPS) is 16.3. The number of anilines is 3. The van der Waals surface area contributed by atoms with Crippen LogP contribution in [0.5, 0.6) is 0 Å². The quantitative estimate of drug-likeness (QED) is 0.0284. The number of nitrogens with zero attached hydrogens (tertiary/aromatic N) is 3. The predicted molar refractivity (Wildman–Crippen MR) is 519 cm³/mol. The van der Waals surface area contributed by atoms with Gasteiger partial charge in [0, 0.05) is 70.1 Å². The highest BCUT2D eigenvalue weighted by Gasteiger charge is 2.54. The zero-order chi connectivity index (χ0) is 83.1. The van der Waals surface area contributed by atoms with Gasteiger partial charge in [-0.2, -0.15) is 0 Å². The molecule has 3 aromatic heterocycles. The zero-order valence-electron chi connectivity index (χ0n) is 72.7. The Bertz CT molecular complexity index is 4520. The number of hydrogen-bond acceptors (Lipinski definition) is 9. The molecule has 1 unspecified atom stereocenters. The Morgan fingerprint density at radius 2 is 0.641 bits per heavy atom. The molecule has 117 heavy (non-hydrogen) atoms. The minimum absolute atomic E-state index is 0.0956. The van der Waals surface area contributed by atoms with E-state index in [9.17, 15) is 0 Å². The van der Waals surface area contributed by atoms with E-state index < -0.39 is 14.2 Å². The van der Waals surface area contributed by atoms with Gasteiger partial charge >= 0.3 is 14.2 Å². The van der Waals surface area contributed by atoms with Crippen LogP contribution in [0.3, 0.4) is 0 Å². The van der Waals surface area contributed by atoms with Crippen LogP contribution >= 0.6 is 86.4 Å². The Balaban J connectivity index is 0.000000175. The number of unbranched alkanes of at least 4 members (excludes halogenated alkanes) is 20.